The Kier molecular flexibility index (Phi) is 2.55. The summed E-state index contributed by atoms with van der Waals surface area (Å²) in [7, 11) is 0. The van der Waals surface area contributed by atoms with Gasteiger partial charge in [-0.1, -0.05) is 0 Å². The van der Waals surface area contributed by atoms with E-state index in [1.165, 1.54) is 0 Å². The number of fused-ring (bicyclic) bond motifs is 1. The molecule has 2 aliphatic rings. The lowest BCUT2D eigenvalue weighted by Crippen LogP contribution is -2.47. The first kappa shape index (κ1) is 9.40. The van der Waals surface area contributed by atoms with Gasteiger partial charge in [-0.3, -0.25) is 0 Å². The normalized spacial score (nSPS) is 27.0. The fourth-order valence-electron chi connectivity index (χ4n) is 1.72. The molecule has 0 N–H and O–H groups in total. The minimum absolute atomic E-state index is 0.00424. The van der Waals surface area contributed by atoms with Gasteiger partial charge in [0.05, 0.1) is 31.5 Å². The van der Waals surface area contributed by atoms with E-state index in [9.17, 15) is 0 Å². The zero-order chi connectivity index (χ0) is 9.31. The monoisotopic (exact) mass is 187 g/mol. The predicted molar refractivity (Wildman–Crippen MR) is 47.3 cm³/mol. The van der Waals surface area contributed by atoms with Gasteiger partial charge in [-0.25, -0.2) is 4.90 Å². The maximum absolute atomic E-state index is 5.63. The van der Waals surface area contributed by atoms with Crippen molar-refractivity contribution in [2.24, 2.45) is 0 Å². The molecule has 2 saturated heterocycles. The second-order valence-corrected chi connectivity index (χ2v) is 4.08. The van der Waals surface area contributed by atoms with Gasteiger partial charge in [0.15, 0.2) is 0 Å². The molecule has 0 aliphatic carbocycles. The van der Waals surface area contributed by atoms with Gasteiger partial charge in [0.2, 0.25) is 0 Å². The average molecular weight is 187 g/mol. The number of nitrogens with zero attached hydrogens (tertiary/aromatic N) is 1. The van der Waals surface area contributed by atoms with Gasteiger partial charge in [0, 0.05) is 0 Å². The highest BCUT2D eigenvalue weighted by atomic mass is 16.6. The van der Waals surface area contributed by atoms with Crippen molar-refractivity contribution in [2.45, 2.75) is 25.5 Å². The molecule has 2 fully saturated rings. The summed E-state index contributed by atoms with van der Waals surface area (Å²) in [6.45, 7) is 7.65. The smallest absolute Gasteiger partial charge is 0.102 e. The van der Waals surface area contributed by atoms with E-state index in [1.54, 1.807) is 0 Å². The quantitative estimate of drug-likeness (QED) is 0.641. The molecule has 2 heterocycles. The van der Waals surface area contributed by atoms with Gasteiger partial charge in [0.1, 0.15) is 13.5 Å². The van der Waals surface area contributed by atoms with E-state index < -0.39 is 0 Å². The zero-order valence-corrected chi connectivity index (χ0v) is 8.28. The summed E-state index contributed by atoms with van der Waals surface area (Å²) >= 11 is 0. The molecule has 0 amide bonds. The lowest BCUT2D eigenvalue weighted by Gasteiger charge is -2.27. The fourth-order valence-corrected chi connectivity index (χ4v) is 1.72. The van der Waals surface area contributed by atoms with Crippen molar-refractivity contribution in [2.75, 3.05) is 33.3 Å². The molecule has 76 valence electrons. The maximum atomic E-state index is 5.63. The Morgan fingerprint density at radius 3 is 2.46 bits per heavy atom. The first-order valence-corrected chi connectivity index (χ1v) is 4.75. The molecule has 0 atom stereocenters. The third kappa shape index (κ3) is 1.72. The van der Waals surface area contributed by atoms with Gasteiger partial charge in [-0.15, -0.1) is 0 Å². The lowest BCUT2D eigenvalue weighted by molar-refractivity contribution is 0.0104. The molecular weight excluding hydrogens is 170 g/mol. The number of ether oxygens (including phenoxy) is 3. The van der Waals surface area contributed by atoms with Gasteiger partial charge in [-0.05, 0) is 13.8 Å². The molecule has 2 rings (SSSR count). The number of hydrogen-bond acceptors (Lipinski definition) is 4. The number of rotatable bonds is 3. The molecule has 4 heteroatoms. The van der Waals surface area contributed by atoms with Crippen LogP contribution in [0, 0.1) is 0 Å². The first-order valence-electron chi connectivity index (χ1n) is 4.75. The molecular formula is C9H17NO3. The fraction of sp³-hybridized carbons (Fsp3) is 1.00. The van der Waals surface area contributed by atoms with Gasteiger partial charge >= 0.3 is 0 Å². The van der Waals surface area contributed by atoms with Gasteiger partial charge in [-0.2, -0.15) is 0 Å². The predicted octanol–water partition coefficient (Wildman–Crippen LogP) is 0.428. The van der Waals surface area contributed by atoms with E-state index in [4.69, 9.17) is 14.2 Å². The van der Waals surface area contributed by atoms with E-state index in [1.807, 2.05) is 13.8 Å². The van der Waals surface area contributed by atoms with Crippen molar-refractivity contribution < 1.29 is 14.2 Å². The molecule has 0 radical (unpaired) electrons. The largest absolute Gasteiger partial charge is 0.377 e. The van der Waals surface area contributed by atoms with Gasteiger partial charge < -0.3 is 14.2 Å². The summed E-state index contributed by atoms with van der Waals surface area (Å²) < 4.78 is 16.5. The average Bonchev–Trinajstić information content (AvgIpc) is 2.57. The van der Waals surface area contributed by atoms with Crippen molar-refractivity contribution in [3.05, 3.63) is 0 Å². The van der Waals surface area contributed by atoms with E-state index in [0.717, 1.165) is 13.2 Å². The van der Waals surface area contributed by atoms with Crippen LogP contribution in [0.15, 0.2) is 0 Å². The maximum Gasteiger partial charge on any atom is 0.102 e. The van der Waals surface area contributed by atoms with Crippen LogP contribution >= 0.6 is 0 Å². The van der Waals surface area contributed by atoms with Crippen LogP contribution in [0.4, 0.5) is 0 Å². The van der Waals surface area contributed by atoms with Crippen LogP contribution < -0.4 is 0 Å². The third-order valence-electron chi connectivity index (χ3n) is 2.59. The van der Waals surface area contributed by atoms with Crippen molar-refractivity contribution in [1.29, 1.82) is 0 Å². The van der Waals surface area contributed by atoms with Crippen LogP contribution in [-0.2, 0) is 14.2 Å². The summed E-state index contributed by atoms with van der Waals surface area (Å²) in [6, 6.07) is 0. The van der Waals surface area contributed by atoms with Crippen LogP contribution in [0.5, 0.6) is 0 Å². The van der Waals surface area contributed by atoms with Crippen LogP contribution in [0.2, 0.25) is 0 Å². The molecule has 0 aromatic rings. The topological polar surface area (TPSA) is 30.9 Å². The Hall–Kier alpha value is -0.160. The summed E-state index contributed by atoms with van der Waals surface area (Å²) in [4.78, 5) is 2.20. The first-order chi connectivity index (χ1) is 6.23. The molecule has 13 heavy (non-hydrogen) atoms. The van der Waals surface area contributed by atoms with Crippen LogP contribution in [0.3, 0.4) is 0 Å². The van der Waals surface area contributed by atoms with E-state index in [0.29, 0.717) is 20.1 Å². The molecule has 0 spiro atoms. The van der Waals surface area contributed by atoms with Crippen LogP contribution in [0.25, 0.3) is 0 Å². The molecule has 4 nitrogen and oxygen atoms in total. The van der Waals surface area contributed by atoms with Crippen LogP contribution in [-0.4, -0.2) is 49.8 Å². The summed E-state index contributed by atoms with van der Waals surface area (Å²) in [5, 5.41) is 0. The second-order valence-electron chi connectivity index (χ2n) is 4.08. The van der Waals surface area contributed by atoms with E-state index in [2.05, 4.69) is 4.90 Å². The minimum atomic E-state index is 0.00424. The SMILES string of the molecule is CC(C)OCC12COCN1COC2. The summed E-state index contributed by atoms with van der Waals surface area (Å²) in [6.07, 6.45) is 0.275. The van der Waals surface area contributed by atoms with E-state index >= 15 is 0 Å². The number of hydrogen-bond donors (Lipinski definition) is 0. The molecule has 0 unspecified atom stereocenters. The Balaban J connectivity index is 1.93. The highest BCUT2D eigenvalue weighted by molar-refractivity contribution is 4.95. The third-order valence-corrected chi connectivity index (χ3v) is 2.59. The van der Waals surface area contributed by atoms with Crippen molar-refractivity contribution in [3.8, 4) is 0 Å². The molecule has 2 aliphatic heterocycles. The molecule has 0 saturated carbocycles. The Bertz CT molecular complexity index is 174. The van der Waals surface area contributed by atoms with Crippen LogP contribution in [0.1, 0.15) is 13.8 Å². The standard InChI is InChI=1S/C9H17NO3/c1-8(2)13-5-9-3-11-6-10(9)7-12-4-9/h8H,3-7H2,1-2H3. The highest BCUT2D eigenvalue weighted by Crippen LogP contribution is 2.28. The lowest BCUT2D eigenvalue weighted by atomic mass is 10.0. The van der Waals surface area contributed by atoms with Crippen molar-refractivity contribution >= 4 is 0 Å². The van der Waals surface area contributed by atoms with Crippen molar-refractivity contribution in [1.82, 2.24) is 4.90 Å². The van der Waals surface area contributed by atoms with Gasteiger partial charge in [0.25, 0.3) is 0 Å². The Labute approximate surface area is 78.7 Å². The second kappa shape index (κ2) is 3.53. The summed E-state index contributed by atoms with van der Waals surface area (Å²) in [5.74, 6) is 0. The Morgan fingerprint density at radius 1 is 1.31 bits per heavy atom. The van der Waals surface area contributed by atoms with E-state index in [-0.39, 0.29) is 11.6 Å². The molecule has 0 aromatic carbocycles. The molecule has 0 bridgehead atoms. The van der Waals surface area contributed by atoms with Crippen molar-refractivity contribution in [3.63, 3.8) is 0 Å². The Morgan fingerprint density at radius 2 is 1.92 bits per heavy atom. The highest BCUT2D eigenvalue weighted by Gasteiger charge is 2.46. The molecule has 0 aromatic heterocycles. The summed E-state index contributed by atoms with van der Waals surface area (Å²) in [5.41, 5.74) is 0.00424. The zero-order valence-electron chi connectivity index (χ0n) is 8.28. The minimum Gasteiger partial charge on any atom is -0.377 e.